The number of halogens is 1. The second kappa shape index (κ2) is 13.3. The summed E-state index contributed by atoms with van der Waals surface area (Å²) in [6.07, 6.45) is 1.95. The molecule has 0 unspecified atom stereocenters. The molecular formula is C20H37IN4O3S. The summed E-state index contributed by atoms with van der Waals surface area (Å²) in [5.41, 5.74) is 0.747. The minimum absolute atomic E-state index is 0. The number of guanidine groups is 1. The maximum atomic E-state index is 11.6. The van der Waals surface area contributed by atoms with Crippen LogP contribution in [0.15, 0.2) is 29.3 Å². The summed E-state index contributed by atoms with van der Waals surface area (Å²) in [5, 5.41) is 6.49. The zero-order chi connectivity index (χ0) is 21.2. The third-order valence-corrected chi connectivity index (χ3v) is 5.22. The van der Waals surface area contributed by atoms with Gasteiger partial charge in [-0.3, -0.25) is 0 Å². The molecule has 0 amide bonds. The molecule has 29 heavy (non-hydrogen) atoms. The van der Waals surface area contributed by atoms with E-state index in [9.17, 15) is 8.42 Å². The van der Waals surface area contributed by atoms with Crippen LogP contribution in [0.4, 0.5) is 0 Å². The summed E-state index contributed by atoms with van der Waals surface area (Å²) in [7, 11) is -3.15. The summed E-state index contributed by atoms with van der Waals surface area (Å²) < 4.78 is 30.8. The highest BCUT2D eigenvalue weighted by molar-refractivity contribution is 14.0. The van der Waals surface area contributed by atoms with Gasteiger partial charge in [0.15, 0.2) is 5.96 Å². The fourth-order valence-corrected chi connectivity index (χ4v) is 3.52. The van der Waals surface area contributed by atoms with E-state index in [-0.39, 0.29) is 29.6 Å². The number of hydrogen-bond donors (Lipinski definition) is 2. The minimum atomic E-state index is -3.15. The number of hydrogen-bond acceptors (Lipinski definition) is 4. The van der Waals surface area contributed by atoms with Gasteiger partial charge in [0.2, 0.25) is 10.0 Å². The van der Waals surface area contributed by atoms with Gasteiger partial charge in [0.1, 0.15) is 11.4 Å². The van der Waals surface area contributed by atoms with Gasteiger partial charge in [-0.05, 0) is 40.2 Å². The van der Waals surface area contributed by atoms with Crippen molar-refractivity contribution in [1.29, 1.82) is 0 Å². The second-order valence-corrected chi connectivity index (χ2v) is 9.53. The van der Waals surface area contributed by atoms with Gasteiger partial charge in [0.05, 0.1) is 12.8 Å². The van der Waals surface area contributed by atoms with Crippen molar-refractivity contribution in [2.75, 3.05) is 32.4 Å². The predicted molar refractivity (Wildman–Crippen MR) is 132 cm³/mol. The number of para-hydroxylation sites is 1. The molecule has 0 fully saturated rings. The van der Waals surface area contributed by atoms with Crippen molar-refractivity contribution < 1.29 is 13.2 Å². The Morgan fingerprint density at radius 1 is 1.17 bits per heavy atom. The first-order valence-corrected chi connectivity index (χ1v) is 11.7. The van der Waals surface area contributed by atoms with Gasteiger partial charge in [-0.2, -0.15) is 0 Å². The maximum absolute atomic E-state index is 11.6. The zero-order valence-electron chi connectivity index (χ0n) is 18.5. The third-order valence-electron chi connectivity index (χ3n) is 3.84. The third kappa shape index (κ3) is 11.6. The van der Waals surface area contributed by atoms with Crippen LogP contribution in [0.25, 0.3) is 0 Å². The molecule has 0 aliphatic carbocycles. The zero-order valence-corrected chi connectivity index (χ0v) is 21.6. The summed E-state index contributed by atoms with van der Waals surface area (Å²) in [5.74, 6) is 1.54. The fourth-order valence-electron chi connectivity index (χ4n) is 2.59. The summed E-state index contributed by atoms with van der Waals surface area (Å²) in [6.45, 7) is 12.8. The Hall–Kier alpha value is -1.07. The van der Waals surface area contributed by atoms with E-state index >= 15 is 0 Å². The number of rotatable bonds is 10. The van der Waals surface area contributed by atoms with Gasteiger partial charge >= 0.3 is 0 Å². The van der Waals surface area contributed by atoms with Gasteiger partial charge in [-0.25, -0.2) is 17.7 Å². The molecule has 1 rings (SSSR count). The Balaban J connectivity index is 0.00000784. The van der Waals surface area contributed by atoms with Crippen molar-refractivity contribution in [2.24, 2.45) is 4.99 Å². The molecular weight excluding hydrogens is 503 g/mol. The summed E-state index contributed by atoms with van der Waals surface area (Å²) >= 11 is 0. The lowest BCUT2D eigenvalue weighted by Gasteiger charge is -2.23. The van der Waals surface area contributed by atoms with Crippen LogP contribution in [-0.4, -0.2) is 56.7 Å². The van der Waals surface area contributed by atoms with E-state index in [1.165, 1.54) is 10.6 Å². The maximum Gasteiger partial charge on any atom is 0.211 e. The molecule has 168 valence electrons. The van der Waals surface area contributed by atoms with E-state index in [4.69, 9.17) is 4.74 Å². The van der Waals surface area contributed by atoms with Crippen LogP contribution in [0.5, 0.6) is 5.75 Å². The molecule has 0 spiro atoms. The van der Waals surface area contributed by atoms with Crippen molar-refractivity contribution in [2.45, 2.75) is 53.2 Å². The lowest BCUT2D eigenvalue weighted by Crippen LogP contribution is -2.39. The van der Waals surface area contributed by atoms with Crippen molar-refractivity contribution in [3.63, 3.8) is 0 Å². The first-order valence-electron chi connectivity index (χ1n) is 9.81. The van der Waals surface area contributed by atoms with Gasteiger partial charge in [-0.1, -0.05) is 25.1 Å². The van der Waals surface area contributed by atoms with E-state index in [1.54, 1.807) is 0 Å². The Labute approximate surface area is 193 Å². The topological polar surface area (TPSA) is 83.0 Å². The Morgan fingerprint density at radius 2 is 1.83 bits per heavy atom. The SMILES string of the molecule is CCNC(=NCc1ccccc1OC(C)(C)C)NCCCN(CC)S(C)(=O)=O.I. The molecule has 0 aromatic heterocycles. The van der Waals surface area contributed by atoms with Gasteiger partial charge in [0.25, 0.3) is 0 Å². The molecule has 0 saturated heterocycles. The highest BCUT2D eigenvalue weighted by atomic mass is 127. The van der Waals surface area contributed by atoms with Gasteiger partial charge < -0.3 is 15.4 Å². The van der Waals surface area contributed by atoms with Crippen LogP contribution in [0.3, 0.4) is 0 Å². The van der Waals surface area contributed by atoms with Crippen LogP contribution in [0.1, 0.15) is 46.6 Å². The fraction of sp³-hybridized carbons (Fsp3) is 0.650. The number of nitrogens with zero attached hydrogens (tertiary/aromatic N) is 2. The van der Waals surface area contributed by atoms with Gasteiger partial charge in [0, 0.05) is 31.7 Å². The van der Waals surface area contributed by atoms with Crippen LogP contribution in [-0.2, 0) is 16.6 Å². The number of aliphatic imine (C=N–C) groups is 1. The standard InChI is InChI=1S/C20H36N4O3S.HI/c1-7-21-19(22-14-11-15-24(8-2)28(6,25)26)23-16-17-12-9-10-13-18(17)27-20(3,4)5;/h9-10,12-13H,7-8,11,14-16H2,1-6H3,(H2,21,22,23);1H. The molecule has 0 heterocycles. The van der Waals surface area contributed by atoms with Crippen LogP contribution in [0, 0.1) is 0 Å². The number of sulfonamides is 1. The largest absolute Gasteiger partial charge is 0.488 e. The smallest absolute Gasteiger partial charge is 0.211 e. The minimum Gasteiger partial charge on any atom is -0.488 e. The summed E-state index contributed by atoms with van der Waals surface area (Å²) in [4.78, 5) is 4.64. The summed E-state index contributed by atoms with van der Waals surface area (Å²) in [6, 6.07) is 7.91. The lowest BCUT2D eigenvalue weighted by atomic mass is 10.1. The molecule has 0 aliphatic rings. The van der Waals surface area contributed by atoms with E-state index < -0.39 is 10.0 Å². The molecule has 7 nitrogen and oxygen atoms in total. The van der Waals surface area contributed by atoms with E-state index in [0.29, 0.717) is 38.6 Å². The quantitative estimate of drug-likeness (QED) is 0.206. The number of benzene rings is 1. The second-order valence-electron chi connectivity index (χ2n) is 7.55. The Kier molecular flexibility index (Phi) is 12.8. The van der Waals surface area contributed by atoms with Gasteiger partial charge in [-0.15, -0.1) is 24.0 Å². The first-order chi connectivity index (χ1) is 13.1. The lowest BCUT2D eigenvalue weighted by molar-refractivity contribution is 0.129. The van der Waals surface area contributed by atoms with E-state index in [1.807, 2.05) is 58.9 Å². The molecule has 1 aromatic rings. The van der Waals surface area contributed by atoms with Crippen LogP contribution < -0.4 is 15.4 Å². The number of nitrogens with one attached hydrogen (secondary N) is 2. The molecule has 0 atom stereocenters. The van der Waals surface area contributed by atoms with Crippen molar-refractivity contribution in [1.82, 2.24) is 14.9 Å². The highest BCUT2D eigenvalue weighted by Gasteiger charge is 2.15. The average Bonchev–Trinajstić information content (AvgIpc) is 2.58. The monoisotopic (exact) mass is 540 g/mol. The molecule has 0 bridgehead atoms. The van der Waals surface area contributed by atoms with Crippen molar-refractivity contribution in [3.8, 4) is 5.75 Å². The van der Waals surface area contributed by atoms with Crippen LogP contribution in [0.2, 0.25) is 0 Å². The molecule has 0 aliphatic heterocycles. The van der Waals surface area contributed by atoms with Crippen LogP contribution >= 0.6 is 24.0 Å². The molecule has 2 N–H and O–H groups in total. The average molecular weight is 541 g/mol. The Bertz CT molecular complexity index is 733. The number of ether oxygens (including phenoxy) is 1. The molecule has 1 aromatic carbocycles. The van der Waals surface area contributed by atoms with Crippen molar-refractivity contribution in [3.05, 3.63) is 29.8 Å². The molecule has 0 saturated carbocycles. The van der Waals surface area contributed by atoms with E-state index in [0.717, 1.165) is 17.9 Å². The van der Waals surface area contributed by atoms with Crippen molar-refractivity contribution >= 4 is 40.0 Å². The predicted octanol–water partition coefficient (Wildman–Crippen LogP) is 3.21. The normalized spacial score (nSPS) is 12.4. The molecule has 0 radical (unpaired) electrons. The van der Waals surface area contributed by atoms with E-state index in [2.05, 4.69) is 15.6 Å². The molecule has 9 heteroatoms. The first kappa shape index (κ1) is 27.9. The highest BCUT2D eigenvalue weighted by Crippen LogP contribution is 2.23. The Morgan fingerprint density at radius 3 is 2.38 bits per heavy atom.